The van der Waals surface area contributed by atoms with Crippen molar-refractivity contribution in [3.8, 4) is 0 Å². The van der Waals surface area contributed by atoms with Gasteiger partial charge in [-0.15, -0.1) is 0 Å². The highest BCUT2D eigenvalue weighted by molar-refractivity contribution is 5.73. The molecule has 0 bridgehead atoms. The fourth-order valence-electron chi connectivity index (χ4n) is 1.72. The van der Waals surface area contributed by atoms with Gasteiger partial charge in [-0.1, -0.05) is 33.6 Å². The van der Waals surface area contributed by atoms with E-state index in [-0.39, 0.29) is 17.9 Å². The van der Waals surface area contributed by atoms with Crippen LogP contribution in [0, 0.1) is 5.41 Å². The van der Waals surface area contributed by atoms with Crippen LogP contribution >= 0.6 is 0 Å². The summed E-state index contributed by atoms with van der Waals surface area (Å²) in [6, 6.07) is -0.134. The molecule has 0 aliphatic heterocycles. The number of aliphatic carboxylic acids is 1. The Morgan fingerprint density at radius 3 is 2.26 bits per heavy atom. The SMILES string of the molecule is CCCCCNC(=O)NCCC(C)(C)CCC(=O)O. The lowest BCUT2D eigenvalue weighted by Gasteiger charge is -2.23. The fraction of sp³-hybridized carbons (Fsp3) is 0.857. The monoisotopic (exact) mass is 272 g/mol. The van der Waals surface area contributed by atoms with Crippen LogP contribution in [0.3, 0.4) is 0 Å². The summed E-state index contributed by atoms with van der Waals surface area (Å²) in [5, 5.41) is 14.3. The highest BCUT2D eigenvalue weighted by Crippen LogP contribution is 2.25. The molecule has 0 aliphatic carbocycles. The van der Waals surface area contributed by atoms with Gasteiger partial charge >= 0.3 is 12.0 Å². The molecule has 0 saturated heterocycles. The van der Waals surface area contributed by atoms with Crippen LogP contribution in [0.5, 0.6) is 0 Å². The first-order valence-corrected chi connectivity index (χ1v) is 7.11. The lowest BCUT2D eigenvalue weighted by Crippen LogP contribution is -2.37. The minimum absolute atomic E-state index is 0.0616. The van der Waals surface area contributed by atoms with E-state index in [1.165, 1.54) is 0 Å². The molecule has 0 aromatic heterocycles. The van der Waals surface area contributed by atoms with Crippen LogP contribution in [0.4, 0.5) is 4.79 Å². The standard InChI is InChI=1S/C14H28N2O3/c1-4-5-6-10-15-13(19)16-11-9-14(2,3)8-7-12(17)18/h4-11H2,1-3H3,(H,17,18)(H2,15,16,19). The molecule has 0 aromatic carbocycles. The zero-order chi connectivity index (χ0) is 14.7. The third kappa shape index (κ3) is 11.6. The number of urea groups is 1. The lowest BCUT2D eigenvalue weighted by atomic mass is 9.84. The molecule has 2 amide bonds. The Labute approximate surface area is 116 Å². The molecule has 19 heavy (non-hydrogen) atoms. The second kappa shape index (κ2) is 9.64. The highest BCUT2D eigenvalue weighted by Gasteiger charge is 2.19. The van der Waals surface area contributed by atoms with Gasteiger partial charge in [-0.25, -0.2) is 4.79 Å². The lowest BCUT2D eigenvalue weighted by molar-refractivity contribution is -0.137. The Kier molecular flexibility index (Phi) is 9.00. The van der Waals surface area contributed by atoms with Crippen molar-refractivity contribution in [3.05, 3.63) is 0 Å². The third-order valence-corrected chi connectivity index (χ3v) is 3.17. The van der Waals surface area contributed by atoms with Crippen LogP contribution in [0.1, 0.15) is 59.3 Å². The molecule has 0 radical (unpaired) electrons. The molecule has 0 saturated carbocycles. The Morgan fingerprint density at radius 2 is 1.68 bits per heavy atom. The minimum atomic E-state index is -0.769. The van der Waals surface area contributed by atoms with Crippen molar-refractivity contribution in [2.24, 2.45) is 5.41 Å². The number of unbranched alkanes of at least 4 members (excludes halogenated alkanes) is 2. The Bertz CT molecular complexity index is 278. The number of nitrogens with one attached hydrogen (secondary N) is 2. The number of hydrogen-bond donors (Lipinski definition) is 3. The molecule has 0 heterocycles. The van der Waals surface area contributed by atoms with Gasteiger partial charge in [0, 0.05) is 19.5 Å². The van der Waals surface area contributed by atoms with Crippen molar-refractivity contribution in [2.75, 3.05) is 13.1 Å². The second-order valence-corrected chi connectivity index (χ2v) is 5.70. The normalized spacial score (nSPS) is 11.1. The van der Waals surface area contributed by atoms with Crippen LogP contribution in [0.2, 0.25) is 0 Å². The van der Waals surface area contributed by atoms with Crippen molar-refractivity contribution >= 4 is 12.0 Å². The Balaban J connectivity index is 3.64. The quantitative estimate of drug-likeness (QED) is 0.535. The fourth-order valence-corrected chi connectivity index (χ4v) is 1.72. The van der Waals surface area contributed by atoms with Crippen molar-refractivity contribution in [1.82, 2.24) is 10.6 Å². The maximum atomic E-state index is 11.4. The predicted molar refractivity (Wildman–Crippen MR) is 76.2 cm³/mol. The smallest absolute Gasteiger partial charge is 0.314 e. The van der Waals surface area contributed by atoms with Crippen LogP contribution in [-0.4, -0.2) is 30.2 Å². The van der Waals surface area contributed by atoms with Crippen LogP contribution in [-0.2, 0) is 4.79 Å². The molecule has 0 rings (SSSR count). The molecule has 0 fully saturated rings. The summed E-state index contributed by atoms with van der Waals surface area (Å²) in [5.74, 6) is -0.769. The molecule has 3 N–H and O–H groups in total. The predicted octanol–water partition coefficient (Wildman–Crippen LogP) is 2.76. The molecule has 0 aliphatic rings. The van der Waals surface area contributed by atoms with E-state index in [0.29, 0.717) is 19.5 Å². The number of carboxylic acid groups (broad SMARTS) is 1. The van der Waals surface area contributed by atoms with E-state index in [9.17, 15) is 9.59 Å². The van der Waals surface area contributed by atoms with Gasteiger partial charge in [0.25, 0.3) is 0 Å². The first-order valence-electron chi connectivity index (χ1n) is 7.11. The molecule has 0 aromatic rings. The van der Waals surface area contributed by atoms with E-state index in [0.717, 1.165) is 25.7 Å². The Hall–Kier alpha value is -1.26. The summed E-state index contributed by atoms with van der Waals surface area (Å²) >= 11 is 0. The summed E-state index contributed by atoms with van der Waals surface area (Å²) in [6.07, 6.45) is 4.86. The summed E-state index contributed by atoms with van der Waals surface area (Å²) in [6.45, 7) is 7.46. The minimum Gasteiger partial charge on any atom is -0.481 e. The average molecular weight is 272 g/mol. The van der Waals surface area contributed by atoms with Crippen LogP contribution in [0.25, 0.3) is 0 Å². The highest BCUT2D eigenvalue weighted by atomic mass is 16.4. The number of carbonyl (C=O) groups is 2. The molecule has 5 nitrogen and oxygen atoms in total. The first kappa shape index (κ1) is 17.7. The molecule has 0 unspecified atom stereocenters. The maximum Gasteiger partial charge on any atom is 0.314 e. The number of hydrogen-bond acceptors (Lipinski definition) is 2. The van der Waals surface area contributed by atoms with Crippen LogP contribution in [0.15, 0.2) is 0 Å². The van der Waals surface area contributed by atoms with E-state index < -0.39 is 5.97 Å². The second-order valence-electron chi connectivity index (χ2n) is 5.70. The van der Waals surface area contributed by atoms with E-state index in [1.54, 1.807) is 0 Å². The molecule has 112 valence electrons. The summed E-state index contributed by atoms with van der Waals surface area (Å²) < 4.78 is 0. The summed E-state index contributed by atoms with van der Waals surface area (Å²) in [7, 11) is 0. The zero-order valence-electron chi connectivity index (χ0n) is 12.4. The van der Waals surface area contributed by atoms with Gasteiger partial charge in [0.15, 0.2) is 0 Å². The van der Waals surface area contributed by atoms with E-state index >= 15 is 0 Å². The summed E-state index contributed by atoms with van der Waals surface area (Å²) in [4.78, 5) is 22.0. The van der Waals surface area contributed by atoms with Gasteiger partial charge in [-0.3, -0.25) is 4.79 Å². The number of rotatable bonds is 10. The van der Waals surface area contributed by atoms with Crippen molar-refractivity contribution in [2.45, 2.75) is 59.3 Å². The Morgan fingerprint density at radius 1 is 1.05 bits per heavy atom. The van der Waals surface area contributed by atoms with Gasteiger partial charge in [-0.2, -0.15) is 0 Å². The molecular formula is C14H28N2O3. The molecule has 0 spiro atoms. The van der Waals surface area contributed by atoms with Gasteiger partial charge < -0.3 is 15.7 Å². The van der Waals surface area contributed by atoms with Gasteiger partial charge in [0.05, 0.1) is 0 Å². The van der Waals surface area contributed by atoms with Crippen molar-refractivity contribution < 1.29 is 14.7 Å². The topological polar surface area (TPSA) is 78.4 Å². The largest absolute Gasteiger partial charge is 0.481 e. The molecule has 0 atom stereocenters. The number of carboxylic acids is 1. The van der Waals surface area contributed by atoms with Gasteiger partial charge in [0.1, 0.15) is 0 Å². The molecular weight excluding hydrogens is 244 g/mol. The van der Waals surface area contributed by atoms with Crippen molar-refractivity contribution in [3.63, 3.8) is 0 Å². The van der Waals surface area contributed by atoms with E-state index in [4.69, 9.17) is 5.11 Å². The van der Waals surface area contributed by atoms with Crippen molar-refractivity contribution in [1.29, 1.82) is 0 Å². The average Bonchev–Trinajstić information content (AvgIpc) is 2.32. The first-order chi connectivity index (χ1) is 8.87. The number of carbonyl (C=O) groups excluding carboxylic acids is 1. The number of amides is 2. The molecule has 5 heteroatoms. The van der Waals surface area contributed by atoms with Gasteiger partial charge in [0.2, 0.25) is 0 Å². The van der Waals surface area contributed by atoms with E-state index in [2.05, 4.69) is 17.6 Å². The van der Waals surface area contributed by atoms with Crippen LogP contribution < -0.4 is 10.6 Å². The zero-order valence-corrected chi connectivity index (χ0v) is 12.4. The van der Waals surface area contributed by atoms with E-state index in [1.807, 2.05) is 13.8 Å². The summed E-state index contributed by atoms with van der Waals surface area (Å²) in [5.41, 5.74) is -0.0616. The maximum absolute atomic E-state index is 11.4. The van der Waals surface area contributed by atoms with Gasteiger partial charge in [-0.05, 0) is 24.7 Å². The third-order valence-electron chi connectivity index (χ3n) is 3.17.